The molecule has 1 unspecified atom stereocenters. The number of hydrogen-bond acceptors (Lipinski definition) is 5. The van der Waals surface area contributed by atoms with Gasteiger partial charge in [0, 0.05) is 19.3 Å². The predicted molar refractivity (Wildman–Crippen MR) is 95.4 cm³/mol. The van der Waals surface area contributed by atoms with E-state index in [1.54, 1.807) is 0 Å². The summed E-state index contributed by atoms with van der Waals surface area (Å²) in [5.41, 5.74) is 1.03. The lowest BCUT2D eigenvalue weighted by atomic mass is 10.1. The molecule has 1 aromatic carbocycles. The molecule has 0 saturated heterocycles. The van der Waals surface area contributed by atoms with Crippen molar-refractivity contribution in [3.8, 4) is 5.75 Å². The van der Waals surface area contributed by atoms with Crippen LogP contribution in [0.3, 0.4) is 0 Å². The number of carbonyl (C=O) groups is 1. The number of aryl methyl sites for hydroxylation is 2. The summed E-state index contributed by atoms with van der Waals surface area (Å²) in [7, 11) is 0. The molecule has 1 amide bonds. The van der Waals surface area contributed by atoms with E-state index in [1.807, 2.05) is 38.1 Å². The van der Waals surface area contributed by atoms with Crippen molar-refractivity contribution >= 4 is 5.91 Å². The van der Waals surface area contributed by atoms with Gasteiger partial charge in [-0.3, -0.25) is 4.79 Å². The molecule has 0 spiro atoms. The Hall–Kier alpha value is -2.37. The van der Waals surface area contributed by atoms with Gasteiger partial charge in [0.2, 0.25) is 11.8 Å². The molecule has 0 aliphatic heterocycles. The van der Waals surface area contributed by atoms with Crippen LogP contribution in [0.25, 0.3) is 0 Å². The molecule has 1 heterocycles. The van der Waals surface area contributed by atoms with E-state index in [1.165, 1.54) is 0 Å². The molecule has 0 fully saturated rings. The van der Waals surface area contributed by atoms with Crippen LogP contribution in [0.1, 0.15) is 63.4 Å². The summed E-state index contributed by atoms with van der Waals surface area (Å²) in [6.07, 6.45) is 3.55. The summed E-state index contributed by atoms with van der Waals surface area (Å²) in [6, 6.07) is 7.74. The van der Waals surface area contributed by atoms with E-state index >= 15 is 0 Å². The first-order valence-corrected chi connectivity index (χ1v) is 8.96. The van der Waals surface area contributed by atoms with E-state index in [4.69, 9.17) is 9.26 Å². The van der Waals surface area contributed by atoms with Crippen molar-refractivity contribution in [3.05, 3.63) is 41.5 Å². The molecule has 0 aliphatic carbocycles. The van der Waals surface area contributed by atoms with Gasteiger partial charge in [0.15, 0.2) is 5.82 Å². The lowest BCUT2D eigenvalue weighted by Crippen LogP contribution is -2.26. The zero-order chi connectivity index (χ0) is 18.1. The molecule has 0 aliphatic rings. The average molecular weight is 345 g/mol. The molecule has 0 radical (unpaired) electrons. The van der Waals surface area contributed by atoms with Crippen LogP contribution in [-0.4, -0.2) is 22.7 Å². The van der Waals surface area contributed by atoms with Gasteiger partial charge in [0.25, 0.3) is 0 Å². The Balaban J connectivity index is 1.76. The Morgan fingerprint density at radius 1 is 1.32 bits per heavy atom. The highest BCUT2D eigenvalue weighted by atomic mass is 16.5. The zero-order valence-electron chi connectivity index (χ0n) is 15.2. The molecular weight excluding hydrogens is 318 g/mol. The summed E-state index contributed by atoms with van der Waals surface area (Å²) in [4.78, 5) is 16.4. The fourth-order valence-corrected chi connectivity index (χ4v) is 2.55. The van der Waals surface area contributed by atoms with E-state index in [9.17, 15) is 4.79 Å². The second-order valence-corrected chi connectivity index (χ2v) is 6.00. The second-order valence-electron chi connectivity index (χ2n) is 6.00. The third-order valence-corrected chi connectivity index (χ3v) is 3.82. The van der Waals surface area contributed by atoms with E-state index in [0.717, 1.165) is 30.0 Å². The normalized spacial score (nSPS) is 12.0. The minimum Gasteiger partial charge on any atom is -0.494 e. The number of nitrogens with zero attached hydrogens (tertiary/aromatic N) is 2. The second kappa shape index (κ2) is 9.81. The van der Waals surface area contributed by atoms with Crippen molar-refractivity contribution in [2.45, 2.75) is 58.9 Å². The van der Waals surface area contributed by atoms with Crippen molar-refractivity contribution in [2.24, 2.45) is 0 Å². The molecule has 1 N–H and O–H groups in total. The van der Waals surface area contributed by atoms with Gasteiger partial charge < -0.3 is 14.6 Å². The molecule has 25 heavy (non-hydrogen) atoms. The van der Waals surface area contributed by atoms with Crippen LogP contribution in [0.4, 0.5) is 0 Å². The van der Waals surface area contributed by atoms with E-state index in [0.29, 0.717) is 31.8 Å². The minimum absolute atomic E-state index is 0.0163. The fourth-order valence-electron chi connectivity index (χ4n) is 2.55. The summed E-state index contributed by atoms with van der Waals surface area (Å²) in [6.45, 7) is 6.62. The van der Waals surface area contributed by atoms with Gasteiger partial charge >= 0.3 is 0 Å². The molecule has 6 nitrogen and oxygen atoms in total. The lowest BCUT2D eigenvalue weighted by molar-refractivity contribution is -0.121. The van der Waals surface area contributed by atoms with Crippen molar-refractivity contribution in [1.82, 2.24) is 15.5 Å². The Labute approximate surface area is 149 Å². The van der Waals surface area contributed by atoms with Crippen LogP contribution in [0.15, 0.2) is 28.8 Å². The largest absolute Gasteiger partial charge is 0.494 e. The molecule has 2 aromatic rings. The molecule has 136 valence electrons. The minimum atomic E-state index is -0.0625. The molecule has 0 saturated carbocycles. The molecule has 0 bridgehead atoms. The van der Waals surface area contributed by atoms with Crippen LogP contribution in [0, 0.1) is 0 Å². The maximum atomic E-state index is 12.1. The third-order valence-electron chi connectivity index (χ3n) is 3.82. The highest BCUT2D eigenvalue weighted by molar-refractivity contribution is 5.76. The molecule has 1 aromatic heterocycles. The van der Waals surface area contributed by atoms with Gasteiger partial charge in [-0.05, 0) is 44.4 Å². The predicted octanol–water partition coefficient (Wildman–Crippen LogP) is 3.62. The summed E-state index contributed by atoms with van der Waals surface area (Å²) in [5.74, 6) is 2.18. The monoisotopic (exact) mass is 345 g/mol. The number of hydrogen-bond donors (Lipinski definition) is 1. The Morgan fingerprint density at radius 3 is 2.92 bits per heavy atom. The number of amides is 1. The first-order chi connectivity index (χ1) is 12.1. The van der Waals surface area contributed by atoms with Crippen molar-refractivity contribution in [3.63, 3.8) is 0 Å². The SMILES string of the molecule is CCCc1noc(CCCC(=O)NC(C)c2cccc(OCC)c2)n1. The zero-order valence-corrected chi connectivity index (χ0v) is 15.2. The number of rotatable bonds is 10. The van der Waals surface area contributed by atoms with Crippen molar-refractivity contribution in [2.75, 3.05) is 6.61 Å². The maximum absolute atomic E-state index is 12.1. The van der Waals surface area contributed by atoms with Crippen LogP contribution in [0.2, 0.25) is 0 Å². The fraction of sp³-hybridized carbons (Fsp3) is 0.526. The highest BCUT2D eigenvalue weighted by Gasteiger charge is 2.11. The smallest absolute Gasteiger partial charge is 0.226 e. The van der Waals surface area contributed by atoms with Gasteiger partial charge in [-0.2, -0.15) is 4.98 Å². The van der Waals surface area contributed by atoms with Crippen LogP contribution in [0.5, 0.6) is 5.75 Å². The standard InChI is InChI=1S/C19H27N3O3/c1-4-8-17-21-19(25-22-17)12-7-11-18(23)20-14(3)15-9-6-10-16(13-15)24-5-2/h6,9-10,13-14H,4-5,7-8,11-12H2,1-3H3,(H,20,23). The summed E-state index contributed by atoms with van der Waals surface area (Å²) < 4.78 is 10.7. The first kappa shape index (κ1) is 19.0. The van der Waals surface area contributed by atoms with Gasteiger partial charge in [-0.15, -0.1) is 0 Å². The van der Waals surface area contributed by atoms with Gasteiger partial charge in [0.1, 0.15) is 5.75 Å². The molecule has 1 atom stereocenters. The molecular formula is C19H27N3O3. The van der Waals surface area contributed by atoms with Crippen LogP contribution in [-0.2, 0) is 17.6 Å². The Kier molecular flexibility index (Phi) is 7.44. The van der Waals surface area contributed by atoms with Crippen LogP contribution < -0.4 is 10.1 Å². The Bertz CT molecular complexity index is 669. The lowest BCUT2D eigenvalue weighted by Gasteiger charge is -2.15. The first-order valence-electron chi connectivity index (χ1n) is 8.96. The Morgan fingerprint density at radius 2 is 2.16 bits per heavy atom. The van der Waals surface area contributed by atoms with Crippen molar-refractivity contribution < 1.29 is 14.1 Å². The van der Waals surface area contributed by atoms with E-state index in [-0.39, 0.29) is 11.9 Å². The average Bonchev–Trinajstić information content (AvgIpc) is 3.03. The number of ether oxygens (including phenoxy) is 1. The quantitative estimate of drug-likeness (QED) is 0.711. The van der Waals surface area contributed by atoms with Crippen LogP contribution >= 0.6 is 0 Å². The van der Waals surface area contributed by atoms with E-state index < -0.39 is 0 Å². The van der Waals surface area contributed by atoms with Gasteiger partial charge in [-0.1, -0.05) is 24.2 Å². The number of aromatic nitrogens is 2. The number of nitrogens with one attached hydrogen (secondary N) is 1. The number of benzene rings is 1. The van der Waals surface area contributed by atoms with Gasteiger partial charge in [0.05, 0.1) is 12.6 Å². The van der Waals surface area contributed by atoms with E-state index in [2.05, 4.69) is 22.4 Å². The molecule has 2 rings (SSSR count). The number of carbonyl (C=O) groups excluding carboxylic acids is 1. The topological polar surface area (TPSA) is 77.2 Å². The summed E-state index contributed by atoms with van der Waals surface area (Å²) >= 11 is 0. The third kappa shape index (κ3) is 6.21. The van der Waals surface area contributed by atoms with Gasteiger partial charge in [-0.25, -0.2) is 0 Å². The van der Waals surface area contributed by atoms with Crippen molar-refractivity contribution in [1.29, 1.82) is 0 Å². The highest BCUT2D eigenvalue weighted by Crippen LogP contribution is 2.19. The molecule has 6 heteroatoms. The maximum Gasteiger partial charge on any atom is 0.226 e. The summed E-state index contributed by atoms with van der Waals surface area (Å²) in [5, 5.41) is 6.93.